The minimum Gasteiger partial charge on any atom is -0.382 e. The molecule has 21 heavy (non-hydrogen) atoms. The van der Waals surface area contributed by atoms with E-state index in [-0.39, 0.29) is 0 Å². The fourth-order valence-electron chi connectivity index (χ4n) is 2.93. The van der Waals surface area contributed by atoms with Gasteiger partial charge in [-0.05, 0) is 59.0 Å². The number of para-hydroxylation sites is 2. The first-order chi connectivity index (χ1) is 10.3. The second-order valence-electron chi connectivity index (χ2n) is 5.48. The molecule has 0 aliphatic carbocycles. The molecule has 3 rings (SSSR count). The van der Waals surface area contributed by atoms with Crippen LogP contribution in [0.3, 0.4) is 0 Å². The van der Waals surface area contributed by atoms with Crippen molar-refractivity contribution in [3.8, 4) is 0 Å². The summed E-state index contributed by atoms with van der Waals surface area (Å²) in [6, 6.07) is 17.1. The Balaban J connectivity index is 1.64. The van der Waals surface area contributed by atoms with E-state index in [1.807, 2.05) is 6.07 Å². The van der Waals surface area contributed by atoms with Crippen LogP contribution in [0.1, 0.15) is 18.4 Å². The third-order valence-electron chi connectivity index (χ3n) is 4.03. The van der Waals surface area contributed by atoms with Gasteiger partial charge >= 0.3 is 0 Å². The summed E-state index contributed by atoms with van der Waals surface area (Å²) in [4.78, 5) is 2.52. The zero-order valence-electron chi connectivity index (χ0n) is 12.2. The summed E-state index contributed by atoms with van der Waals surface area (Å²) < 4.78 is 1.13. The van der Waals surface area contributed by atoms with Gasteiger partial charge in [0.25, 0.3) is 0 Å². The van der Waals surface area contributed by atoms with E-state index in [9.17, 15) is 0 Å². The van der Waals surface area contributed by atoms with Gasteiger partial charge in [-0.15, -0.1) is 0 Å². The molecule has 1 aliphatic rings. The van der Waals surface area contributed by atoms with E-state index in [4.69, 9.17) is 0 Å². The van der Waals surface area contributed by atoms with Crippen molar-refractivity contribution < 1.29 is 0 Å². The Morgan fingerprint density at radius 2 is 1.81 bits per heavy atom. The third kappa shape index (κ3) is 3.59. The highest BCUT2D eigenvalue weighted by molar-refractivity contribution is 9.10. The van der Waals surface area contributed by atoms with Crippen molar-refractivity contribution in [3.63, 3.8) is 0 Å². The summed E-state index contributed by atoms with van der Waals surface area (Å²) in [6.07, 6.45) is 3.79. The monoisotopic (exact) mass is 344 g/mol. The molecule has 3 heteroatoms. The van der Waals surface area contributed by atoms with Crippen LogP contribution in [0.25, 0.3) is 0 Å². The highest BCUT2D eigenvalue weighted by Crippen LogP contribution is 2.26. The number of benzene rings is 2. The van der Waals surface area contributed by atoms with Crippen LogP contribution in [0.4, 0.5) is 11.4 Å². The van der Waals surface area contributed by atoms with Crippen molar-refractivity contribution in [2.75, 3.05) is 29.9 Å². The molecule has 2 nitrogen and oxygen atoms in total. The summed E-state index contributed by atoms with van der Waals surface area (Å²) >= 11 is 3.58. The van der Waals surface area contributed by atoms with E-state index in [0.717, 1.165) is 24.1 Å². The Kier molecular flexibility index (Phi) is 4.81. The van der Waals surface area contributed by atoms with Gasteiger partial charge in [0.05, 0.1) is 0 Å². The molecule has 0 aromatic heterocycles. The second-order valence-corrected chi connectivity index (χ2v) is 6.33. The molecule has 0 atom stereocenters. The molecule has 0 spiro atoms. The van der Waals surface area contributed by atoms with Crippen LogP contribution < -0.4 is 10.2 Å². The molecule has 0 unspecified atom stereocenters. The molecule has 2 aromatic carbocycles. The van der Waals surface area contributed by atoms with E-state index < -0.39 is 0 Å². The SMILES string of the molecule is Brc1ccccc1NCCN1CCCCc2ccccc21. The van der Waals surface area contributed by atoms with E-state index >= 15 is 0 Å². The number of hydrogen-bond donors (Lipinski definition) is 1. The van der Waals surface area contributed by atoms with Crippen molar-refractivity contribution in [1.29, 1.82) is 0 Å². The predicted octanol–water partition coefficient (Wildman–Crippen LogP) is 4.70. The standard InChI is InChI=1S/C18H21BrN2/c19-16-9-2-3-10-17(16)20-12-14-21-13-6-5-8-15-7-1-4-11-18(15)21/h1-4,7,9-11,20H,5-6,8,12-14H2. The zero-order chi connectivity index (χ0) is 14.5. The number of fused-ring (bicyclic) bond motifs is 1. The molecule has 2 aromatic rings. The molecule has 1 N–H and O–H groups in total. The predicted molar refractivity (Wildman–Crippen MR) is 94.2 cm³/mol. The summed E-state index contributed by atoms with van der Waals surface area (Å²) in [7, 11) is 0. The minimum atomic E-state index is 0.955. The fourth-order valence-corrected chi connectivity index (χ4v) is 3.36. The maximum atomic E-state index is 3.58. The number of nitrogens with zero attached hydrogens (tertiary/aromatic N) is 1. The van der Waals surface area contributed by atoms with Crippen LogP contribution in [-0.4, -0.2) is 19.6 Å². The van der Waals surface area contributed by atoms with Crippen LogP contribution in [0.15, 0.2) is 53.0 Å². The molecule has 0 amide bonds. The van der Waals surface area contributed by atoms with Gasteiger partial charge in [0.1, 0.15) is 0 Å². The average molecular weight is 345 g/mol. The highest BCUT2D eigenvalue weighted by atomic mass is 79.9. The Labute approximate surface area is 135 Å². The summed E-state index contributed by atoms with van der Waals surface area (Å²) in [5, 5.41) is 3.52. The normalized spacial score (nSPS) is 14.4. The molecule has 1 aliphatic heterocycles. The van der Waals surface area contributed by atoms with Crippen molar-refractivity contribution in [1.82, 2.24) is 0 Å². The molecule has 110 valence electrons. The Hall–Kier alpha value is -1.48. The summed E-state index contributed by atoms with van der Waals surface area (Å²) in [5.41, 5.74) is 4.08. The lowest BCUT2D eigenvalue weighted by molar-refractivity contribution is 0.719. The smallest absolute Gasteiger partial charge is 0.0485 e. The highest BCUT2D eigenvalue weighted by Gasteiger charge is 2.14. The van der Waals surface area contributed by atoms with E-state index in [2.05, 4.69) is 68.6 Å². The molecule has 0 saturated carbocycles. The van der Waals surface area contributed by atoms with Crippen molar-refractivity contribution in [2.24, 2.45) is 0 Å². The van der Waals surface area contributed by atoms with Gasteiger partial charge in [0.15, 0.2) is 0 Å². The summed E-state index contributed by atoms with van der Waals surface area (Å²) in [5.74, 6) is 0. The van der Waals surface area contributed by atoms with Crippen LogP contribution in [-0.2, 0) is 6.42 Å². The number of hydrogen-bond acceptors (Lipinski definition) is 2. The number of nitrogens with one attached hydrogen (secondary N) is 1. The molecule has 0 bridgehead atoms. The maximum absolute atomic E-state index is 3.58. The van der Waals surface area contributed by atoms with E-state index in [0.29, 0.717) is 0 Å². The lowest BCUT2D eigenvalue weighted by Crippen LogP contribution is -2.29. The zero-order valence-corrected chi connectivity index (χ0v) is 13.8. The lowest BCUT2D eigenvalue weighted by Gasteiger charge is -2.25. The maximum Gasteiger partial charge on any atom is 0.0485 e. The van der Waals surface area contributed by atoms with Gasteiger partial charge in [0.2, 0.25) is 0 Å². The average Bonchev–Trinajstić information content (AvgIpc) is 2.72. The Morgan fingerprint density at radius 1 is 1.00 bits per heavy atom. The molecule has 1 heterocycles. The van der Waals surface area contributed by atoms with E-state index in [1.165, 1.54) is 36.2 Å². The van der Waals surface area contributed by atoms with Crippen LogP contribution in [0.2, 0.25) is 0 Å². The van der Waals surface area contributed by atoms with Gasteiger partial charge in [-0.2, -0.15) is 0 Å². The molecule has 0 saturated heterocycles. The molecular formula is C18H21BrN2. The molecule has 0 radical (unpaired) electrons. The quantitative estimate of drug-likeness (QED) is 0.864. The number of anilines is 2. The van der Waals surface area contributed by atoms with Gasteiger partial charge in [-0.1, -0.05) is 30.3 Å². The van der Waals surface area contributed by atoms with Gasteiger partial charge < -0.3 is 10.2 Å². The number of halogens is 1. The molecule has 0 fully saturated rings. The van der Waals surface area contributed by atoms with Crippen LogP contribution >= 0.6 is 15.9 Å². The van der Waals surface area contributed by atoms with Gasteiger partial charge in [-0.3, -0.25) is 0 Å². The van der Waals surface area contributed by atoms with Crippen molar-refractivity contribution in [2.45, 2.75) is 19.3 Å². The first-order valence-electron chi connectivity index (χ1n) is 7.66. The lowest BCUT2D eigenvalue weighted by atomic mass is 10.1. The fraction of sp³-hybridized carbons (Fsp3) is 0.333. The van der Waals surface area contributed by atoms with Gasteiger partial charge in [-0.25, -0.2) is 0 Å². The Bertz CT molecular complexity index is 597. The first kappa shape index (κ1) is 14.5. The number of rotatable bonds is 4. The van der Waals surface area contributed by atoms with Crippen molar-refractivity contribution in [3.05, 3.63) is 58.6 Å². The molecular weight excluding hydrogens is 324 g/mol. The Morgan fingerprint density at radius 3 is 2.71 bits per heavy atom. The van der Waals surface area contributed by atoms with Gasteiger partial charge in [0, 0.05) is 35.5 Å². The van der Waals surface area contributed by atoms with Crippen LogP contribution in [0, 0.1) is 0 Å². The minimum absolute atomic E-state index is 0.955. The number of aryl methyl sites for hydroxylation is 1. The topological polar surface area (TPSA) is 15.3 Å². The summed E-state index contributed by atoms with van der Waals surface area (Å²) in [6.45, 7) is 3.16. The van der Waals surface area contributed by atoms with E-state index in [1.54, 1.807) is 0 Å². The van der Waals surface area contributed by atoms with Crippen molar-refractivity contribution >= 4 is 27.3 Å². The first-order valence-corrected chi connectivity index (χ1v) is 8.45. The van der Waals surface area contributed by atoms with Crippen LogP contribution in [0.5, 0.6) is 0 Å². The third-order valence-corrected chi connectivity index (χ3v) is 4.72. The second kappa shape index (κ2) is 6.99. The largest absolute Gasteiger partial charge is 0.382 e.